The summed E-state index contributed by atoms with van der Waals surface area (Å²) in [5.74, 6) is -0.258. The number of aryl methyl sites for hydroxylation is 1. The zero-order valence-electron chi connectivity index (χ0n) is 14.2. The Morgan fingerprint density at radius 1 is 1.16 bits per heavy atom. The molecule has 0 atom stereocenters. The van der Waals surface area contributed by atoms with Crippen molar-refractivity contribution in [3.8, 4) is 0 Å². The molecule has 6 nitrogen and oxygen atoms in total. The van der Waals surface area contributed by atoms with E-state index >= 15 is 0 Å². The molecule has 0 saturated carbocycles. The van der Waals surface area contributed by atoms with Crippen molar-refractivity contribution in [3.63, 3.8) is 0 Å². The van der Waals surface area contributed by atoms with Crippen LogP contribution >= 0.6 is 11.6 Å². The van der Waals surface area contributed by atoms with Crippen LogP contribution in [0, 0.1) is 6.92 Å². The Balaban J connectivity index is 2.04. The predicted octanol–water partition coefficient (Wildman–Crippen LogP) is 2.95. The van der Waals surface area contributed by atoms with E-state index < -0.39 is 10.0 Å². The number of anilines is 2. The summed E-state index contributed by atoms with van der Waals surface area (Å²) in [4.78, 5) is 12.3. The first-order valence-electron chi connectivity index (χ1n) is 7.52. The summed E-state index contributed by atoms with van der Waals surface area (Å²) in [5.41, 5.74) is 2.08. The molecule has 0 radical (unpaired) electrons. The van der Waals surface area contributed by atoms with Crippen molar-refractivity contribution < 1.29 is 13.2 Å². The van der Waals surface area contributed by atoms with E-state index in [1.54, 1.807) is 24.3 Å². The first kappa shape index (κ1) is 19.2. The molecule has 2 aromatic carbocycles. The molecule has 0 bridgehead atoms. The standard InChI is InChI=1S/C17H20ClN3O3S/c1-12-7-8-13(18)9-16(12)20-17(22)11-19-14-5-4-6-15(10-14)25(23,24)21(2)3/h4-10,19H,11H2,1-3H3,(H,20,22). The minimum Gasteiger partial charge on any atom is -0.376 e. The Bertz CT molecular complexity index is 882. The lowest BCUT2D eigenvalue weighted by Gasteiger charge is -2.13. The number of hydrogen-bond donors (Lipinski definition) is 2. The smallest absolute Gasteiger partial charge is 0.243 e. The maximum absolute atomic E-state index is 12.1. The highest BCUT2D eigenvalue weighted by atomic mass is 35.5. The van der Waals surface area contributed by atoms with Crippen LogP contribution < -0.4 is 10.6 Å². The van der Waals surface area contributed by atoms with Crippen LogP contribution in [0.15, 0.2) is 47.4 Å². The lowest BCUT2D eigenvalue weighted by molar-refractivity contribution is -0.114. The van der Waals surface area contributed by atoms with Gasteiger partial charge in [-0.1, -0.05) is 23.7 Å². The second-order valence-corrected chi connectivity index (χ2v) is 8.26. The Kier molecular flexibility index (Phi) is 6.05. The number of amides is 1. The summed E-state index contributed by atoms with van der Waals surface area (Å²) >= 11 is 5.93. The van der Waals surface area contributed by atoms with E-state index in [4.69, 9.17) is 11.6 Å². The molecule has 0 aromatic heterocycles. The first-order valence-corrected chi connectivity index (χ1v) is 9.34. The van der Waals surface area contributed by atoms with Crippen molar-refractivity contribution in [2.45, 2.75) is 11.8 Å². The third-order valence-electron chi connectivity index (χ3n) is 3.54. The second-order valence-electron chi connectivity index (χ2n) is 5.68. The molecule has 2 N–H and O–H groups in total. The number of nitrogens with zero attached hydrogens (tertiary/aromatic N) is 1. The van der Waals surface area contributed by atoms with E-state index in [1.807, 2.05) is 13.0 Å². The molecule has 134 valence electrons. The number of hydrogen-bond acceptors (Lipinski definition) is 4. The fraction of sp³-hybridized carbons (Fsp3) is 0.235. The number of carbonyl (C=O) groups is 1. The minimum atomic E-state index is -3.52. The largest absolute Gasteiger partial charge is 0.376 e. The molecule has 0 spiro atoms. The van der Waals surface area contributed by atoms with E-state index in [2.05, 4.69) is 10.6 Å². The van der Waals surface area contributed by atoms with Gasteiger partial charge in [0.15, 0.2) is 0 Å². The highest BCUT2D eigenvalue weighted by molar-refractivity contribution is 7.89. The zero-order chi connectivity index (χ0) is 18.6. The minimum absolute atomic E-state index is 0.00256. The maximum Gasteiger partial charge on any atom is 0.243 e. The van der Waals surface area contributed by atoms with Crippen molar-refractivity contribution in [2.24, 2.45) is 0 Å². The molecule has 1 amide bonds. The van der Waals surface area contributed by atoms with Crippen LogP contribution in [0.2, 0.25) is 5.02 Å². The molecule has 2 rings (SSSR count). The van der Waals surface area contributed by atoms with Gasteiger partial charge in [0, 0.05) is 30.5 Å². The van der Waals surface area contributed by atoms with E-state index in [9.17, 15) is 13.2 Å². The molecular weight excluding hydrogens is 362 g/mol. The van der Waals surface area contributed by atoms with Crippen molar-refractivity contribution in [2.75, 3.05) is 31.3 Å². The van der Waals surface area contributed by atoms with Gasteiger partial charge in [0.25, 0.3) is 0 Å². The van der Waals surface area contributed by atoms with Crippen LogP contribution in [0.1, 0.15) is 5.56 Å². The van der Waals surface area contributed by atoms with Crippen LogP contribution in [0.4, 0.5) is 11.4 Å². The molecule has 8 heteroatoms. The van der Waals surface area contributed by atoms with Gasteiger partial charge in [0.2, 0.25) is 15.9 Å². The van der Waals surface area contributed by atoms with Gasteiger partial charge in [-0.2, -0.15) is 0 Å². The highest BCUT2D eigenvalue weighted by Gasteiger charge is 2.17. The summed E-state index contributed by atoms with van der Waals surface area (Å²) in [6.45, 7) is 1.87. The van der Waals surface area contributed by atoms with Crippen LogP contribution in [-0.2, 0) is 14.8 Å². The van der Waals surface area contributed by atoms with Crippen molar-refractivity contribution in [1.29, 1.82) is 0 Å². The van der Waals surface area contributed by atoms with Gasteiger partial charge < -0.3 is 10.6 Å². The lowest BCUT2D eigenvalue weighted by Crippen LogP contribution is -2.23. The number of benzene rings is 2. The van der Waals surface area contributed by atoms with Crippen LogP contribution in [0.25, 0.3) is 0 Å². The van der Waals surface area contributed by atoms with Crippen LogP contribution in [-0.4, -0.2) is 39.3 Å². The molecule has 0 unspecified atom stereocenters. The maximum atomic E-state index is 12.1. The summed E-state index contributed by atoms with van der Waals surface area (Å²) in [6, 6.07) is 11.6. The Labute approximate surface area is 152 Å². The van der Waals surface area contributed by atoms with E-state index in [-0.39, 0.29) is 17.3 Å². The van der Waals surface area contributed by atoms with Crippen molar-refractivity contribution in [1.82, 2.24) is 4.31 Å². The van der Waals surface area contributed by atoms with E-state index in [1.165, 1.54) is 26.2 Å². The second kappa shape index (κ2) is 7.86. The third-order valence-corrected chi connectivity index (χ3v) is 5.59. The number of sulfonamides is 1. The highest BCUT2D eigenvalue weighted by Crippen LogP contribution is 2.20. The average molecular weight is 382 g/mol. The Morgan fingerprint density at radius 2 is 1.88 bits per heavy atom. The number of carbonyl (C=O) groups excluding carboxylic acids is 1. The fourth-order valence-electron chi connectivity index (χ4n) is 2.08. The fourth-order valence-corrected chi connectivity index (χ4v) is 3.20. The van der Waals surface area contributed by atoms with Crippen LogP contribution in [0.3, 0.4) is 0 Å². The summed E-state index contributed by atoms with van der Waals surface area (Å²) in [6.07, 6.45) is 0. The van der Waals surface area contributed by atoms with Crippen molar-refractivity contribution in [3.05, 3.63) is 53.1 Å². The molecule has 25 heavy (non-hydrogen) atoms. The average Bonchev–Trinajstić information content (AvgIpc) is 2.56. The Morgan fingerprint density at radius 3 is 2.56 bits per heavy atom. The molecule has 0 aliphatic carbocycles. The van der Waals surface area contributed by atoms with E-state index in [0.29, 0.717) is 16.4 Å². The first-order chi connectivity index (χ1) is 11.7. The summed E-state index contributed by atoms with van der Waals surface area (Å²) in [5, 5.41) is 6.23. The number of rotatable bonds is 6. The monoisotopic (exact) mass is 381 g/mol. The van der Waals surface area contributed by atoms with Gasteiger partial charge in [-0.25, -0.2) is 12.7 Å². The summed E-state index contributed by atoms with van der Waals surface area (Å²) < 4.78 is 25.4. The lowest BCUT2D eigenvalue weighted by atomic mass is 10.2. The van der Waals surface area contributed by atoms with Gasteiger partial charge in [-0.3, -0.25) is 4.79 Å². The molecule has 0 heterocycles. The topological polar surface area (TPSA) is 78.5 Å². The predicted molar refractivity (Wildman–Crippen MR) is 101 cm³/mol. The molecule has 0 saturated heterocycles. The third kappa shape index (κ3) is 4.94. The molecule has 0 aliphatic heterocycles. The van der Waals surface area contributed by atoms with Crippen LogP contribution in [0.5, 0.6) is 0 Å². The molecular formula is C17H20ClN3O3S. The molecule has 0 fully saturated rings. The SMILES string of the molecule is Cc1ccc(Cl)cc1NC(=O)CNc1cccc(S(=O)(=O)N(C)C)c1. The van der Waals surface area contributed by atoms with Gasteiger partial charge in [0.05, 0.1) is 11.4 Å². The van der Waals surface area contributed by atoms with Gasteiger partial charge in [0.1, 0.15) is 0 Å². The van der Waals surface area contributed by atoms with Gasteiger partial charge in [-0.05, 0) is 42.8 Å². The van der Waals surface area contributed by atoms with Crippen molar-refractivity contribution >= 4 is 38.9 Å². The normalized spacial score (nSPS) is 11.4. The molecule has 0 aliphatic rings. The zero-order valence-corrected chi connectivity index (χ0v) is 15.8. The summed E-state index contributed by atoms with van der Waals surface area (Å²) in [7, 11) is -0.582. The number of halogens is 1. The van der Waals surface area contributed by atoms with E-state index in [0.717, 1.165) is 9.87 Å². The Hall–Kier alpha value is -2.09. The van der Waals surface area contributed by atoms with Gasteiger partial charge in [-0.15, -0.1) is 0 Å². The number of nitrogens with one attached hydrogen (secondary N) is 2. The quantitative estimate of drug-likeness (QED) is 0.806. The van der Waals surface area contributed by atoms with Gasteiger partial charge >= 0.3 is 0 Å². The molecule has 2 aromatic rings.